The molecule has 0 unspecified atom stereocenters. The zero-order valence-electron chi connectivity index (χ0n) is 41.0. The molecule has 5 aromatic rings. The van der Waals surface area contributed by atoms with Crippen LogP contribution >= 0.6 is 11.3 Å². The molecule has 0 bridgehead atoms. The summed E-state index contributed by atoms with van der Waals surface area (Å²) in [6.45, 7) is 39.5. The third kappa shape index (κ3) is 12.5. The molecular formula is C56H60B3N6OS. The Morgan fingerprint density at radius 1 is 0.806 bits per heavy atom. The van der Waals surface area contributed by atoms with Crippen LogP contribution in [0.1, 0.15) is 98.1 Å². The number of nitrogens with zero attached hydrogens (tertiary/aromatic N) is 6. The van der Waals surface area contributed by atoms with Crippen LogP contribution in [-0.2, 0) is 0 Å². The number of aryl methyl sites for hydroxylation is 1. The molecule has 0 saturated carbocycles. The van der Waals surface area contributed by atoms with Crippen LogP contribution in [0.2, 0.25) is 20.5 Å². The summed E-state index contributed by atoms with van der Waals surface area (Å²) in [7, 11) is 2.04. The van der Waals surface area contributed by atoms with Gasteiger partial charge in [-0.1, -0.05) is 61.7 Å². The van der Waals surface area contributed by atoms with E-state index >= 15 is 0 Å². The average Bonchev–Trinajstić information content (AvgIpc) is 3.97. The van der Waals surface area contributed by atoms with E-state index in [0.717, 1.165) is 82.6 Å². The van der Waals surface area contributed by atoms with Gasteiger partial charge in [-0.05, 0) is 19.9 Å². The Kier molecular flexibility index (Phi) is 18.8. The molecular weight excluding hydrogens is 837 g/mol. The second kappa shape index (κ2) is 24.6. The molecule has 0 aliphatic rings. The summed E-state index contributed by atoms with van der Waals surface area (Å²) in [6.07, 6.45) is 26.5. The first kappa shape index (κ1) is 51.2. The Labute approximate surface area is 404 Å². The van der Waals surface area contributed by atoms with Crippen molar-refractivity contribution in [2.75, 3.05) is 0 Å². The fourth-order valence-electron chi connectivity index (χ4n) is 7.20. The van der Waals surface area contributed by atoms with Crippen molar-refractivity contribution in [1.82, 2.24) is 29.5 Å². The van der Waals surface area contributed by atoms with Crippen molar-refractivity contribution in [3.63, 3.8) is 0 Å². The Morgan fingerprint density at radius 3 is 2.15 bits per heavy atom. The second-order valence-electron chi connectivity index (χ2n) is 15.5. The van der Waals surface area contributed by atoms with Gasteiger partial charge in [-0.3, -0.25) is 0 Å². The van der Waals surface area contributed by atoms with Crippen LogP contribution in [-0.4, -0.2) is 62.5 Å². The van der Waals surface area contributed by atoms with Gasteiger partial charge in [0.25, 0.3) is 0 Å². The van der Waals surface area contributed by atoms with Crippen LogP contribution in [0.15, 0.2) is 114 Å². The van der Waals surface area contributed by atoms with E-state index in [1.807, 2.05) is 161 Å². The molecule has 0 atom stereocenters. The molecule has 67 heavy (non-hydrogen) atoms. The number of hydrogen-bond acceptors (Lipinski definition) is 7. The van der Waals surface area contributed by atoms with Crippen LogP contribution in [0.4, 0.5) is 0 Å². The molecule has 0 aliphatic carbocycles. The normalized spacial score (nSPS) is 13.9. The third-order valence-electron chi connectivity index (χ3n) is 10.8. The van der Waals surface area contributed by atoms with Gasteiger partial charge in [0.05, 0.1) is 5.35 Å². The number of rotatable bonds is 18. The zero-order chi connectivity index (χ0) is 48.6. The number of oxazole rings is 1. The standard InChI is InChI=1S/C56H60B3N6OS/c1-15-23-42(17-3)53-62-52(63-54(64-53)44-25-21-20-22-26-44)38(8)33-50-41(11)67-56(61-50)43(18-4)31-36(6)37(7)32-48-47(28-30-58-13)39(9)65(51(48)19-5)46(35-59-14)34-49-40(10)66-55(60-49)45(24-16-2)27-29-57-12/h15-35H,5,8,11H2,1-4,6-7,9-10,12-14H3/b23-15-,24-16-,30-28-,36-31+,37-32+,42-17+,43-18+,45-27+,46-34+,50-33+. The van der Waals surface area contributed by atoms with Gasteiger partial charge in [0.2, 0.25) is 0 Å². The van der Waals surface area contributed by atoms with E-state index in [1.165, 1.54) is 11.3 Å². The van der Waals surface area contributed by atoms with Crippen LogP contribution in [0.25, 0.3) is 76.3 Å². The van der Waals surface area contributed by atoms with Crippen molar-refractivity contribution in [2.24, 2.45) is 0 Å². The summed E-state index contributed by atoms with van der Waals surface area (Å²) >= 11 is 1.54. The van der Waals surface area contributed by atoms with E-state index in [1.54, 1.807) is 0 Å². The Bertz CT molecular complexity index is 3100. The molecule has 335 valence electrons. The number of benzene rings is 1. The van der Waals surface area contributed by atoms with Crippen LogP contribution in [0.5, 0.6) is 0 Å². The first-order chi connectivity index (χ1) is 32.4. The van der Waals surface area contributed by atoms with Gasteiger partial charge in [-0.15, -0.1) is 0 Å². The van der Waals surface area contributed by atoms with Crippen molar-refractivity contribution in [3.8, 4) is 11.4 Å². The molecule has 0 fully saturated rings. The minimum atomic E-state index is 0.473. The van der Waals surface area contributed by atoms with Crippen LogP contribution < -0.4 is 9.88 Å². The molecule has 0 saturated heterocycles. The van der Waals surface area contributed by atoms with Crippen molar-refractivity contribution in [2.45, 2.75) is 75.9 Å². The van der Waals surface area contributed by atoms with Gasteiger partial charge in [-0.25, -0.2) is 15.0 Å². The van der Waals surface area contributed by atoms with Gasteiger partial charge in [-0.2, -0.15) is 0 Å². The van der Waals surface area contributed by atoms with Gasteiger partial charge >= 0.3 is 265 Å². The minimum absolute atomic E-state index is 0.473. The van der Waals surface area contributed by atoms with E-state index in [-0.39, 0.29) is 0 Å². The average molecular weight is 898 g/mol. The summed E-state index contributed by atoms with van der Waals surface area (Å²) in [5.41, 5.74) is 12.3. The summed E-state index contributed by atoms with van der Waals surface area (Å²) in [5.74, 6) is 9.08. The quantitative estimate of drug-likeness (QED) is 0.0644. The molecule has 0 spiro atoms. The predicted octanol–water partition coefficient (Wildman–Crippen LogP) is 12.2. The van der Waals surface area contributed by atoms with E-state index < -0.39 is 0 Å². The van der Waals surface area contributed by atoms with Crippen molar-refractivity contribution in [1.29, 1.82) is 0 Å². The second-order valence-corrected chi connectivity index (χ2v) is 16.6. The summed E-state index contributed by atoms with van der Waals surface area (Å²) in [6, 6.07) is 9.90. The number of hydrogen-bond donors (Lipinski definition) is 0. The number of thiazole rings is 1. The van der Waals surface area contributed by atoms with Gasteiger partial charge in [0.15, 0.2) is 17.5 Å². The molecule has 7 nitrogen and oxygen atoms in total. The van der Waals surface area contributed by atoms with Crippen molar-refractivity contribution >= 4 is 109 Å². The zero-order valence-corrected chi connectivity index (χ0v) is 41.8. The SMILES string of the molecule is C=Cc1c(/C=C(C)/C(C)=C/C(=C\C)c2n/c(=C/C(=C)c3nc(C(/C=C\C)=C/C)nc(-c4ccccc4)n3)c(=C)s2)c(/C=C\[B]C)c(C)n1/C(C=BC)=C/c1nc(C(/C=C\C)=C/C=BC)oc1C. The van der Waals surface area contributed by atoms with E-state index in [0.29, 0.717) is 34.3 Å². The van der Waals surface area contributed by atoms with E-state index in [2.05, 4.69) is 87.4 Å². The van der Waals surface area contributed by atoms with Crippen LogP contribution in [0, 0.1) is 13.8 Å². The summed E-state index contributed by atoms with van der Waals surface area (Å²) in [5, 5.41) is 1.57. The number of allylic oxidation sites excluding steroid dienone is 15. The molecule has 5 rings (SSSR count). The number of aromatic nitrogens is 6. The summed E-state index contributed by atoms with van der Waals surface area (Å²) < 4.78 is 9.28. The molecule has 4 heterocycles. The molecule has 0 amide bonds. The molecule has 0 N–H and O–H groups in total. The van der Waals surface area contributed by atoms with Gasteiger partial charge < -0.3 is 0 Å². The monoisotopic (exact) mass is 897 g/mol. The summed E-state index contributed by atoms with van der Waals surface area (Å²) in [4.78, 5) is 24.6. The first-order valence-corrected chi connectivity index (χ1v) is 23.3. The Morgan fingerprint density at radius 2 is 1.51 bits per heavy atom. The molecule has 1 radical (unpaired) electrons. The van der Waals surface area contributed by atoms with Crippen LogP contribution in [0.3, 0.4) is 0 Å². The maximum absolute atomic E-state index is 6.22. The van der Waals surface area contributed by atoms with E-state index in [4.69, 9.17) is 29.3 Å². The Hall–Kier alpha value is -6.84. The third-order valence-corrected chi connectivity index (χ3v) is 11.8. The van der Waals surface area contributed by atoms with Crippen molar-refractivity contribution in [3.05, 3.63) is 176 Å². The Balaban J connectivity index is 1.56. The fourth-order valence-corrected chi connectivity index (χ4v) is 8.09. The topological polar surface area (TPSA) is 82.5 Å². The molecule has 4 aromatic heterocycles. The molecule has 1 aromatic carbocycles. The van der Waals surface area contributed by atoms with E-state index in [9.17, 15) is 0 Å². The van der Waals surface area contributed by atoms with Gasteiger partial charge in [0.1, 0.15) is 0 Å². The first-order valence-electron chi connectivity index (χ1n) is 22.5. The fraction of sp³-hybridized carbons (Fsp3) is 0.196. The predicted molar refractivity (Wildman–Crippen MR) is 299 cm³/mol. The molecule has 0 aliphatic heterocycles. The molecule has 11 heteroatoms. The maximum atomic E-state index is 6.22. The van der Waals surface area contributed by atoms with Gasteiger partial charge in [0, 0.05) is 21.2 Å². The van der Waals surface area contributed by atoms with Crippen molar-refractivity contribution < 1.29 is 4.42 Å².